The number of nitriles is 2. The molecule has 0 radical (unpaired) electrons. The van der Waals surface area contributed by atoms with Crippen LogP contribution in [0.3, 0.4) is 0 Å². The van der Waals surface area contributed by atoms with E-state index in [2.05, 4.69) is 58.6 Å². The van der Waals surface area contributed by atoms with E-state index in [9.17, 15) is 0 Å². The third kappa shape index (κ3) is 4.53. The molecule has 0 unspecified atom stereocenters. The summed E-state index contributed by atoms with van der Waals surface area (Å²) in [7, 11) is 0. The highest BCUT2D eigenvalue weighted by Crippen LogP contribution is 2.32. The van der Waals surface area contributed by atoms with Crippen molar-refractivity contribution in [2.75, 3.05) is 10.6 Å². The molecule has 5 aromatic rings. The zero-order valence-corrected chi connectivity index (χ0v) is 19.1. The first-order chi connectivity index (χ1) is 17.8. The molecule has 5 rings (SSSR count). The van der Waals surface area contributed by atoms with Crippen LogP contribution < -0.4 is 10.6 Å². The first kappa shape index (κ1) is 22.1. The van der Waals surface area contributed by atoms with Crippen molar-refractivity contribution in [1.29, 1.82) is 10.5 Å². The first-order valence-electron chi connectivity index (χ1n) is 11.2. The summed E-state index contributed by atoms with van der Waals surface area (Å²) >= 11 is 0. The number of hydrogen-bond acceptors (Lipinski definition) is 4. The van der Waals surface area contributed by atoms with Crippen LogP contribution in [0.1, 0.15) is 22.3 Å². The molecule has 36 heavy (non-hydrogen) atoms. The zero-order valence-electron chi connectivity index (χ0n) is 19.1. The Morgan fingerprint density at radius 2 is 0.750 bits per heavy atom. The number of rotatable bonds is 2. The van der Waals surface area contributed by atoms with Crippen LogP contribution >= 0.6 is 0 Å². The van der Waals surface area contributed by atoms with Gasteiger partial charge < -0.3 is 0 Å². The lowest BCUT2D eigenvalue weighted by Crippen LogP contribution is -1.91. The molecule has 0 aliphatic carbocycles. The lowest BCUT2D eigenvalue weighted by Gasteiger charge is -2.10. The van der Waals surface area contributed by atoms with Crippen LogP contribution in [-0.2, 0) is 0 Å². The third-order valence-corrected chi connectivity index (χ3v) is 5.77. The number of fused-ring (bicyclic) bond motifs is 2. The molecule has 0 saturated heterocycles. The van der Waals surface area contributed by atoms with Gasteiger partial charge in [0.15, 0.2) is 12.4 Å². The van der Waals surface area contributed by atoms with Crippen LogP contribution in [0, 0.1) is 46.6 Å². The van der Waals surface area contributed by atoms with E-state index in [1.54, 1.807) is 0 Å². The van der Waals surface area contributed by atoms with Crippen LogP contribution in [0.25, 0.3) is 21.5 Å². The fourth-order valence-corrected chi connectivity index (χ4v) is 4.07. The van der Waals surface area contributed by atoms with Gasteiger partial charge in [-0.2, -0.15) is 10.5 Å². The molecule has 0 spiro atoms. The Hall–Kier alpha value is -5.68. The molecular weight excluding hydrogens is 440 g/mol. The number of anilines is 2. The summed E-state index contributed by atoms with van der Waals surface area (Å²) in [6, 6.07) is 31.3. The normalized spacial score (nSPS) is 9.72. The van der Waals surface area contributed by atoms with Gasteiger partial charge in [0.05, 0.1) is 0 Å². The molecule has 0 fully saturated rings. The minimum atomic E-state index is 0.734. The van der Waals surface area contributed by atoms with Gasteiger partial charge in [-0.3, -0.25) is 10.6 Å². The fraction of sp³-hybridized carbons (Fsp3) is 0. The molecule has 0 bridgehead atoms. The van der Waals surface area contributed by atoms with Gasteiger partial charge in [-0.15, -0.1) is 0 Å². The third-order valence-electron chi connectivity index (χ3n) is 5.77. The summed E-state index contributed by atoms with van der Waals surface area (Å²) in [6.45, 7) is 0. The monoisotopic (exact) mass is 458 g/mol. The number of nitrogens with zero attached hydrogens (tertiary/aromatic N) is 2. The van der Waals surface area contributed by atoms with E-state index in [-0.39, 0.29) is 0 Å². The van der Waals surface area contributed by atoms with Crippen molar-refractivity contribution in [1.82, 2.24) is 0 Å². The summed E-state index contributed by atoms with van der Waals surface area (Å²) in [4.78, 5) is 0. The molecule has 166 valence electrons. The minimum Gasteiger partial charge on any atom is -0.293 e. The van der Waals surface area contributed by atoms with Crippen molar-refractivity contribution in [3.8, 4) is 36.1 Å². The van der Waals surface area contributed by atoms with E-state index in [0.717, 1.165) is 55.2 Å². The van der Waals surface area contributed by atoms with Crippen LogP contribution in [0.2, 0.25) is 0 Å². The molecule has 2 N–H and O–H groups in total. The molecule has 0 amide bonds. The van der Waals surface area contributed by atoms with Gasteiger partial charge in [-0.05, 0) is 70.1 Å². The standard InChI is InChI=1S/C32H18N4/c33-21-35-25-15-9-23(10-16-25)13-19-31-27-5-1-2-6-28(27)32(30-8-4-3-7-29(30)31)20-14-24-11-17-26(18-12-24)36-22-34/h1-12,15-18,35-36H. The Morgan fingerprint density at radius 1 is 0.417 bits per heavy atom. The van der Waals surface area contributed by atoms with Gasteiger partial charge in [-0.25, -0.2) is 0 Å². The topological polar surface area (TPSA) is 71.6 Å². The SMILES string of the molecule is N#CNc1ccc(C#Cc2c3ccccc3c(C#Cc3ccc(NC#N)cc3)c3ccccc23)cc1. The van der Waals surface area contributed by atoms with E-state index >= 15 is 0 Å². The van der Waals surface area contributed by atoms with E-state index in [1.807, 2.05) is 85.2 Å². The van der Waals surface area contributed by atoms with Crippen LogP contribution in [0.15, 0.2) is 97.1 Å². The molecule has 0 atom stereocenters. The van der Waals surface area contributed by atoms with Gasteiger partial charge in [-0.1, -0.05) is 72.2 Å². The largest absolute Gasteiger partial charge is 0.293 e. The van der Waals surface area contributed by atoms with Crippen molar-refractivity contribution in [2.45, 2.75) is 0 Å². The number of nitrogens with one attached hydrogen (secondary N) is 2. The van der Waals surface area contributed by atoms with E-state index in [4.69, 9.17) is 10.5 Å². The van der Waals surface area contributed by atoms with Crippen molar-refractivity contribution in [3.63, 3.8) is 0 Å². The second-order valence-corrected chi connectivity index (χ2v) is 7.97. The second-order valence-electron chi connectivity index (χ2n) is 7.97. The second kappa shape index (κ2) is 10.1. The Balaban J connectivity index is 1.64. The highest BCUT2D eigenvalue weighted by Gasteiger charge is 2.11. The fourth-order valence-electron chi connectivity index (χ4n) is 4.07. The Kier molecular flexibility index (Phi) is 6.19. The highest BCUT2D eigenvalue weighted by molar-refractivity contribution is 6.09. The molecule has 0 aromatic heterocycles. The minimum absolute atomic E-state index is 0.734. The Bertz CT molecular complexity index is 1600. The van der Waals surface area contributed by atoms with E-state index < -0.39 is 0 Å². The molecule has 4 nitrogen and oxygen atoms in total. The zero-order chi connectivity index (χ0) is 24.7. The molecule has 5 aromatic carbocycles. The molecule has 0 heterocycles. The average molecular weight is 459 g/mol. The molecule has 0 aliphatic rings. The number of benzene rings is 5. The maximum Gasteiger partial charge on any atom is 0.181 e. The predicted molar refractivity (Wildman–Crippen MR) is 145 cm³/mol. The summed E-state index contributed by atoms with van der Waals surface area (Å²) in [5, 5.41) is 27.0. The number of hydrogen-bond donors (Lipinski definition) is 2. The summed E-state index contributed by atoms with van der Waals surface area (Å²) in [6.07, 6.45) is 3.85. The summed E-state index contributed by atoms with van der Waals surface area (Å²) < 4.78 is 0. The van der Waals surface area contributed by atoms with Gasteiger partial charge >= 0.3 is 0 Å². The molecule has 0 saturated carbocycles. The summed E-state index contributed by atoms with van der Waals surface area (Å²) in [5.74, 6) is 13.4. The van der Waals surface area contributed by atoms with Gasteiger partial charge in [0.2, 0.25) is 0 Å². The van der Waals surface area contributed by atoms with Crippen molar-refractivity contribution in [3.05, 3.63) is 119 Å². The highest BCUT2D eigenvalue weighted by atomic mass is 14.9. The first-order valence-corrected chi connectivity index (χ1v) is 11.2. The van der Waals surface area contributed by atoms with Crippen LogP contribution in [-0.4, -0.2) is 0 Å². The molecular formula is C32H18N4. The van der Waals surface area contributed by atoms with Crippen molar-refractivity contribution >= 4 is 32.9 Å². The Labute approximate surface area is 209 Å². The van der Waals surface area contributed by atoms with Gasteiger partial charge in [0, 0.05) is 33.6 Å². The quantitative estimate of drug-likeness (QED) is 0.136. The molecule has 0 aliphatic heterocycles. The maximum absolute atomic E-state index is 8.79. The van der Waals surface area contributed by atoms with Gasteiger partial charge in [0.1, 0.15) is 0 Å². The lowest BCUT2D eigenvalue weighted by molar-refractivity contribution is 1.47. The summed E-state index contributed by atoms with van der Waals surface area (Å²) in [5.41, 5.74) is 5.11. The van der Waals surface area contributed by atoms with Gasteiger partial charge in [0.25, 0.3) is 0 Å². The predicted octanol–water partition coefficient (Wildman–Crippen LogP) is 6.58. The van der Waals surface area contributed by atoms with Crippen molar-refractivity contribution in [2.24, 2.45) is 0 Å². The van der Waals surface area contributed by atoms with Crippen LogP contribution in [0.5, 0.6) is 0 Å². The van der Waals surface area contributed by atoms with Crippen molar-refractivity contribution < 1.29 is 0 Å². The van der Waals surface area contributed by atoms with Crippen LogP contribution in [0.4, 0.5) is 11.4 Å². The maximum atomic E-state index is 8.79. The van der Waals surface area contributed by atoms with E-state index in [0.29, 0.717) is 0 Å². The lowest BCUT2D eigenvalue weighted by atomic mass is 9.92. The molecule has 4 heteroatoms. The average Bonchev–Trinajstić information content (AvgIpc) is 2.92. The Morgan fingerprint density at radius 3 is 1.06 bits per heavy atom. The smallest absolute Gasteiger partial charge is 0.181 e. The van der Waals surface area contributed by atoms with E-state index in [1.165, 1.54) is 0 Å².